The molecule has 0 saturated carbocycles. The van der Waals surface area contributed by atoms with Crippen molar-refractivity contribution in [2.45, 2.75) is 103 Å². The van der Waals surface area contributed by atoms with E-state index in [9.17, 15) is 14.4 Å². The van der Waals surface area contributed by atoms with Gasteiger partial charge in [-0.15, -0.1) is 0 Å². The maximum absolute atomic E-state index is 14.1. The first kappa shape index (κ1) is 36.8. The van der Waals surface area contributed by atoms with Crippen LogP contribution in [0.15, 0.2) is 54.6 Å². The van der Waals surface area contributed by atoms with Gasteiger partial charge in [0.2, 0.25) is 5.91 Å². The number of hydrogen-bond acceptors (Lipinski definition) is 7. The summed E-state index contributed by atoms with van der Waals surface area (Å²) in [6, 6.07) is 16.1. The molecule has 1 aliphatic rings. The first-order valence-corrected chi connectivity index (χ1v) is 16.9. The molecule has 0 radical (unpaired) electrons. The van der Waals surface area contributed by atoms with E-state index in [1.807, 2.05) is 54.6 Å². The van der Waals surface area contributed by atoms with Gasteiger partial charge in [-0.1, -0.05) is 94.8 Å². The average molecular weight is 641 g/mol. The lowest BCUT2D eigenvalue weighted by atomic mass is 10.0. The molecule has 0 aliphatic carbocycles. The number of aliphatic carboxylic acids is 1. The van der Waals surface area contributed by atoms with E-state index in [1.54, 1.807) is 4.90 Å². The predicted octanol–water partition coefficient (Wildman–Crippen LogP) is 6.80. The van der Waals surface area contributed by atoms with Gasteiger partial charge in [0.1, 0.15) is 25.0 Å². The number of amides is 2. The molecular weight excluding hydrogens is 588 g/mol. The van der Waals surface area contributed by atoms with E-state index >= 15 is 0 Å². The molecule has 2 aromatic rings. The quantitative estimate of drug-likeness (QED) is 0.117. The summed E-state index contributed by atoms with van der Waals surface area (Å²) in [6.45, 7) is 5.69. The lowest BCUT2D eigenvalue weighted by molar-refractivity contribution is -0.180. The van der Waals surface area contributed by atoms with Gasteiger partial charge in [0, 0.05) is 19.5 Å². The molecule has 1 saturated heterocycles. The number of hydrogen-bond donors (Lipinski definition) is 1. The SMILES string of the molecule is CCCCCCOc1ccc(COC(=O)N(OCCCCCC)[C@@H](Cc2ccccc2)C(=O)N2CCC(OCC(=O)O)CC2)cc1. The Kier molecular flexibility index (Phi) is 17.0. The standard InChI is InChI=1S/C36H52N2O8/c1-3-5-7-12-24-43-31-18-16-30(17-19-31)27-45-36(42)38(46-25-13-8-6-4-2)33(26-29-14-10-9-11-15-29)35(41)37-22-20-32(21-23-37)44-28-34(39)40/h9-11,14-19,32-33H,3-8,12-13,20-28H2,1-2H3,(H,39,40)/t33-/m0/s1. The summed E-state index contributed by atoms with van der Waals surface area (Å²) in [5, 5.41) is 10.1. The van der Waals surface area contributed by atoms with Crippen LogP contribution in [0.5, 0.6) is 5.75 Å². The van der Waals surface area contributed by atoms with Gasteiger partial charge in [-0.3, -0.25) is 9.63 Å². The molecule has 1 aliphatic heterocycles. The molecule has 1 N–H and O–H groups in total. The Balaban J connectivity index is 1.70. The molecule has 1 heterocycles. The summed E-state index contributed by atoms with van der Waals surface area (Å²) in [5.41, 5.74) is 1.68. The topological polar surface area (TPSA) is 115 Å². The molecule has 10 heteroatoms. The molecule has 1 fully saturated rings. The monoisotopic (exact) mass is 640 g/mol. The molecule has 254 valence electrons. The van der Waals surface area contributed by atoms with Crippen LogP contribution in [-0.4, -0.2) is 78.1 Å². The predicted molar refractivity (Wildman–Crippen MR) is 175 cm³/mol. The summed E-state index contributed by atoms with van der Waals surface area (Å²) in [5.74, 6) is -0.491. The number of carboxylic acid groups (broad SMARTS) is 1. The number of ether oxygens (including phenoxy) is 3. The first-order valence-electron chi connectivity index (χ1n) is 16.9. The highest BCUT2D eigenvalue weighted by atomic mass is 16.7. The Morgan fingerprint density at radius 2 is 1.50 bits per heavy atom. The highest BCUT2D eigenvalue weighted by molar-refractivity contribution is 5.85. The Bertz CT molecular complexity index is 1150. The fourth-order valence-corrected chi connectivity index (χ4v) is 5.32. The minimum atomic E-state index is -1.02. The largest absolute Gasteiger partial charge is 0.494 e. The van der Waals surface area contributed by atoms with Crippen molar-refractivity contribution in [2.24, 2.45) is 0 Å². The van der Waals surface area contributed by atoms with E-state index in [4.69, 9.17) is 24.2 Å². The zero-order chi connectivity index (χ0) is 33.0. The van der Waals surface area contributed by atoms with Crippen molar-refractivity contribution in [3.8, 4) is 5.75 Å². The maximum atomic E-state index is 14.1. The Labute approximate surface area is 273 Å². The van der Waals surface area contributed by atoms with Crippen LogP contribution in [0.25, 0.3) is 0 Å². The second-order valence-corrected chi connectivity index (χ2v) is 11.8. The van der Waals surface area contributed by atoms with Crippen molar-refractivity contribution < 1.29 is 38.5 Å². The van der Waals surface area contributed by atoms with Crippen LogP contribution in [0.2, 0.25) is 0 Å². The number of carbonyl (C=O) groups is 3. The molecule has 46 heavy (non-hydrogen) atoms. The summed E-state index contributed by atoms with van der Waals surface area (Å²) in [6.07, 6.45) is 8.68. The third-order valence-electron chi connectivity index (χ3n) is 8.00. The minimum absolute atomic E-state index is 0.0177. The number of nitrogens with zero attached hydrogens (tertiary/aromatic N) is 2. The van der Waals surface area contributed by atoms with Crippen LogP contribution in [0, 0.1) is 0 Å². The number of hydroxylamine groups is 2. The molecule has 0 bridgehead atoms. The molecule has 1 atom stereocenters. The molecule has 0 spiro atoms. The highest BCUT2D eigenvalue weighted by Crippen LogP contribution is 2.21. The van der Waals surface area contributed by atoms with Gasteiger partial charge < -0.3 is 24.2 Å². The smallest absolute Gasteiger partial charge is 0.435 e. The van der Waals surface area contributed by atoms with E-state index in [0.29, 0.717) is 32.5 Å². The normalized spacial score (nSPS) is 14.1. The Morgan fingerprint density at radius 1 is 0.848 bits per heavy atom. The minimum Gasteiger partial charge on any atom is -0.494 e. The van der Waals surface area contributed by atoms with Crippen LogP contribution < -0.4 is 4.74 Å². The zero-order valence-electron chi connectivity index (χ0n) is 27.6. The molecule has 3 rings (SSSR count). The molecule has 10 nitrogen and oxygen atoms in total. The molecular formula is C36H52N2O8. The van der Waals surface area contributed by atoms with Crippen molar-refractivity contribution in [3.63, 3.8) is 0 Å². The third kappa shape index (κ3) is 13.4. The molecule has 0 aromatic heterocycles. The van der Waals surface area contributed by atoms with E-state index in [1.165, 1.54) is 12.8 Å². The molecule has 2 amide bonds. The summed E-state index contributed by atoms with van der Waals surface area (Å²) < 4.78 is 17.0. The van der Waals surface area contributed by atoms with Gasteiger partial charge in [0.15, 0.2) is 0 Å². The van der Waals surface area contributed by atoms with Crippen LogP contribution in [0.4, 0.5) is 4.79 Å². The van der Waals surface area contributed by atoms with Crippen LogP contribution in [0.1, 0.15) is 89.2 Å². The fourth-order valence-electron chi connectivity index (χ4n) is 5.32. The van der Waals surface area contributed by atoms with Crippen LogP contribution in [-0.2, 0) is 36.9 Å². The first-order chi connectivity index (χ1) is 22.4. The Morgan fingerprint density at radius 3 is 2.13 bits per heavy atom. The molecule has 0 unspecified atom stereocenters. The van der Waals surface area contributed by atoms with Crippen molar-refractivity contribution in [3.05, 3.63) is 65.7 Å². The van der Waals surface area contributed by atoms with Gasteiger partial charge in [0.05, 0.1) is 19.3 Å². The van der Waals surface area contributed by atoms with Gasteiger partial charge in [-0.2, -0.15) is 5.06 Å². The number of carboxylic acids is 1. The lowest BCUT2D eigenvalue weighted by Crippen LogP contribution is -2.54. The van der Waals surface area contributed by atoms with Gasteiger partial charge in [-0.25, -0.2) is 9.59 Å². The number of benzene rings is 2. The molecule has 2 aromatic carbocycles. The average Bonchev–Trinajstić information content (AvgIpc) is 3.08. The maximum Gasteiger partial charge on any atom is 0.435 e. The number of carbonyl (C=O) groups excluding carboxylic acids is 2. The highest BCUT2D eigenvalue weighted by Gasteiger charge is 2.37. The zero-order valence-corrected chi connectivity index (χ0v) is 27.6. The van der Waals surface area contributed by atoms with Crippen molar-refractivity contribution in [2.75, 3.05) is 32.9 Å². The third-order valence-corrected chi connectivity index (χ3v) is 8.00. The fraction of sp³-hybridized carbons (Fsp3) is 0.583. The number of unbranched alkanes of at least 4 members (excludes halogenated alkanes) is 6. The van der Waals surface area contributed by atoms with E-state index < -0.39 is 18.1 Å². The number of rotatable bonds is 21. The van der Waals surface area contributed by atoms with Gasteiger partial charge in [-0.05, 0) is 48.9 Å². The van der Waals surface area contributed by atoms with Crippen LogP contribution >= 0.6 is 0 Å². The van der Waals surface area contributed by atoms with Gasteiger partial charge >= 0.3 is 12.1 Å². The summed E-state index contributed by atoms with van der Waals surface area (Å²) in [4.78, 5) is 46.4. The Hall–Kier alpha value is -3.63. The van der Waals surface area contributed by atoms with Crippen molar-refractivity contribution >= 4 is 18.0 Å². The lowest BCUT2D eigenvalue weighted by Gasteiger charge is -2.36. The van der Waals surface area contributed by atoms with E-state index in [-0.39, 0.29) is 38.3 Å². The summed E-state index contributed by atoms with van der Waals surface area (Å²) in [7, 11) is 0. The van der Waals surface area contributed by atoms with Crippen LogP contribution in [0.3, 0.4) is 0 Å². The second-order valence-electron chi connectivity index (χ2n) is 11.8. The van der Waals surface area contributed by atoms with Gasteiger partial charge in [0.25, 0.3) is 0 Å². The van der Waals surface area contributed by atoms with E-state index in [2.05, 4.69) is 13.8 Å². The second kappa shape index (κ2) is 21.2. The number of likely N-dealkylation sites (tertiary alicyclic amines) is 1. The van der Waals surface area contributed by atoms with Crippen molar-refractivity contribution in [1.82, 2.24) is 9.96 Å². The van der Waals surface area contributed by atoms with Crippen molar-refractivity contribution in [1.29, 1.82) is 0 Å². The van der Waals surface area contributed by atoms with E-state index in [0.717, 1.165) is 60.5 Å². The summed E-state index contributed by atoms with van der Waals surface area (Å²) >= 11 is 0. The number of piperidine rings is 1.